The summed E-state index contributed by atoms with van der Waals surface area (Å²) in [5.41, 5.74) is 2.99. The Morgan fingerprint density at radius 3 is 2.57 bits per heavy atom. The van der Waals surface area contributed by atoms with Gasteiger partial charge in [0.1, 0.15) is 0 Å². The van der Waals surface area contributed by atoms with Crippen LogP contribution >= 0.6 is 0 Å². The zero-order valence-electron chi connectivity index (χ0n) is 13.6. The first-order chi connectivity index (χ1) is 10.1. The summed E-state index contributed by atoms with van der Waals surface area (Å²) in [6, 6.07) is 0.749. The number of nitrogens with zero attached hydrogens (tertiary/aromatic N) is 4. The van der Waals surface area contributed by atoms with Gasteiger partial charge in [0.2, 0.25) is 0 Å². The van der Waals surface area contributed by atoms with Crippen LogP contribution in [0.5, 0.6) is 0 Å². The van der Waals surface area contributed by atoms with E-state index < -0.39 is 0 Å². The highest BCUT2D eigenvalue weighted by Gasteiger charge is 2.43. The number of hydrogen-bond acceptors (Lipinski definition) is 3. The van der Waals surface area contributed by atoms with E-state index >= 15 is 0 Å². The van der Waals surface area contributed by atoms with Crippen LogP contribution in [-0.2, 0) is 13.6 Å². The quantitative estimate of drug-likeness (QED) is 0.829. The van der Waals surface area contributed by atoms with Crippen LogP contribution in [0.2, 0.25) is 0 Å². The first-order valence-corrected chi connectivity index (χ1v) is 8.53. The lowest BCUT2D eigenvalue weighted by atomic mass is 9.97. The van der Waals surface area contributed by atoms with Gasteiger partial charge in [0, 0.05) is 49.9 Å². The molecule has 4 rings (SSSR count). The molecule has 0 unspecified atom stereocenters. The Balaban J connectivity index is 1.48. The third kappa shape index (κ3) is 2.64. The van der Waals surface area contributed by atoms with Crippen molar-refractivity contribution in [2.24, 2.45) is 18.9 Å². The fourth-order valence-corrected chi connectivity index (χ4v) is 4.30. The molecule has 3 fully saturated rings. The molecule has 21 heavy (non-hydrogen) atoms. The molecule has 4 nitrogen and oxygen atoms in total. The summed E-state index contributed by atoms with van der Waals surface area (Å²) in [7, 11) is 6.61. The van der Waals surface area contributed by atoms with Crippen molar-refractivity contribution in [2.75, 3.05) is 27.2 Å². The molecule has 2 saturated carbocycles. The lowest BCUT2D eigenvalue weighted by Gasteiger charge is -2.25. The molecule has 116 valence electrons. The third-order valence-electron chi connectivity index (χ3n) is 5.72. The van der Waals surface area contributed by atoms with E-state index in [1.54, 1.807) is 0 Å². The van der Waals surface area contributed by atoms with Gasteiger partial charge in [-0.25, -0.2) is 0 Å². The Hall–Kier alpha value is -0.870. The van der Waals surface area contributed by atoms with Gasteiger partial charge in [0.25, 0.3) is 0 Å². The first kappa shape index (κ1) is 13.8. The summed E-state index contributed by atoms with van der Waals surface area (Å²) in [6.07, 6.45) is 7.75. The van der Waals surface area contributed by atoms with Gasteiger partial charge in [-0.05, 0) is 51.6 Å². The minimum atomic E-state index is 0.749. The molecule has 3 aliphatic rings. The van der Waals surface area contributed by atoms with Crippen molar-refractivity contribution in [3.05, 3.63) is 17.5 Å². The number of likely N-dealkylation sites (tertiary alicyclic amines) is 1. The number of rotatable bonds is 5. The van der Waals surface area contributed by atoms with Gasteiger partial charge < -0.3 is 4.90 Å². The maximum Gasteiger partial charge on any atom is 0.0537 e. The highest BCUT2D eigenvalue weighted by Crippen LogP contribution is 2.44. The highest BCUT2D eigenvalue weighted by molar-refractivity contribution is 5.25. The van der Waals surface area contributed by atoms with Crippen molar-refractivity contribution in [3.8, 4) is 0 Å². The molecular formula is C17H28N4. The molecule has 4 heteroatoms. The molecule has 1 aromatic heterocycles. The fourth-order valence-electron chi connectivity index (χ4n) is 4.30. The minimum Gasteiger partial charge on any atom is -0.305 e. The van der Waals surface area contributed by atoms with Crippen molar-refractivity contribution in [3.63, 3.8) is 0 Å². The van der Waals surface area contributed by atoms with Gasteiger partial charge in [0.15, 0.2) is 0 Å². The van der Waals surface area contributed by atoms with E-state index in [4.69, 9.17) is 0 Å². The topological polar surface area (TPSA) is 24.3 Å². The maximum atomic E-state index is 4.52. The van der Waals surface area contributed by atoms with Gasteiger partial charge in [0.05, 0.1) is 6.20 Å². The van der Waals surface area contributed by atoms with Crippen molar-refractivity contribution in [1.82, 2.24) is 19.6 Å². The second kappa shape index (κ2) is 5.10. The molecule has 2 aliphatic carbocycles. The average Bonchev–Trinajstić information content (AvgIpc) is 3.36. The second-order valence-corrected chi connectivity index (χ2v) is 7.68. The van der Waals surface area contributed by atoms with Crippen LogP contribution in [0.25, 0.3) is 0 Å². The van der Waals surface area contributed by atoms with Crippen molar-refractivity contribution in [2.45, 2.75) is 44.2 Å². The molecule has 2 atom stereocenters. The Labute approximate surface area is 128 Å². The zero-order chi connectivity index (χ0) is 14.6. The zero-order valence-corrected chi connectivity index (χ0v) is 13.6. The van der Waals surface area contributed by atoms with Gasteiger partial charge in [-0.3, -0.25) is 9.58 Å². The standard InChI is InChI=1S/C17H28N4/c1-19(2)16-11-21(10-15(16)12-4-5-12)9-14-8-18-20(3)17(14)13-6-7-13/h8,12-13,15-16H,4-7,9-11H2,1-3H3/t15-,16+/m0/s1. The van der Waals surface area contributed by atoms with E-state index in [0.717, 1.165) is 30.3 Å². The molecule has 0 aromatic carbocycles. The predicted octanol–water partition coefficient (Wildman–Crippen LogP) is 2.07. The van der Waals surface area contributed by atoms with E-state index in [-0.39, 0.29) is 0 Å². The van der Waals surface area contributed by atoms with E-state index in [1.807, 2.05) is 0 Å². The normalized spacial score (nSPS) is 30.5. The molecule has 0 amide bonds. The SMILES string of the molecule is CN(C)[C@@H]1CN(Cc2cnn(C)c2C2CC2)C[C@H]1C1CC1. The molecule has 0 radical (unpaired) electrons. The number of aryl methyl sites for hydroxylation is 1. The van der Waals surface area contributed by atoms with Crippen LogP contribution in [-0.4, -0.2) is 52.8 Å². The fraction of sp³-hybridized carbons (Fsp3) is 0.824. The summed E-state index contributed by atoms with van der Waals surface area (Å²) >= 11 is 0. The number of hydrogen-bond donors (Lipinski definition) is 0. The lowest BCUT2D eigenvalue weighted by molar-refractivity contribution is 0.233. The molecule has 0 N–H and O–H groups in total. The average molecular weight is 288 g/mol. The summed E-state index contributed by atoms with van der Waals surface area (Å²) < 4.78 is 2.12. The van der Waals surface area contributed by atoms with Crippen LogP contribution in [0.3, 0.4) is 0 Å². The largest absolute Gasteiger partial charge is 0.305 e. The Morgan fingerprint density at radius 2 is 1.95 bits per heavy atom. The monoisotopic (exact) mass is 288 g/mol. The molecule has 1 aromatic rings. The third-order valence-corrected chi connectivity index (χ3v) is 5.72. The molecular weight excluding hydrogens is 260 g/mol. The van der Waals surface area contributed by atoms with Crippen molar-refractivity contribution in [1.29, 1.82) is 0 Å². The van der Waals surface area contributed by atoms with Gasteiger partial charge in [-0.15, -0.1) is 0 Å². The molecule has 0 spiro atoms. The van der Waals surface area contributed by atoms with Gasteiger partial charge >= 0.3 is 0 Å². The van der Waals surface area contributed by atoms with Crippen LogP contribution in [0.4, 0.5) is 0 Å². The Morgan fingerprint density at radius 1 is 1.19 bits per heavy atom. The highest BCUT2D eigenvalue weighted by atomic mass is 15.3. The van der Waals surface area contributed by atoms with Crippen LogP contribution in [0.1, 0.15) is 42.9 Å². The molecule has 1 saturated heterocycles. The van der Waals surface area contributed by atoms with Crippen LogP contribution in [0, 0.1) is 11.8 Å². The summed E-state index contributed by atoms with van der Waals surface area (Å²) in [5.74, 6) is 2.68. The number of likely N-dealkylation sites (N-methyl/N-ethyl adjacent to an activating group) is 1. The smallest absolute Gasteiger partial charge is 0.0537 e. The van der Waals surface area contributed by atoms with Gasteiger partial charge in [-0.2, -0.15) is 5.10 Å². The van der Waals surface area contributed by atoms with Crippen LogP contribution < -0.4 is 0 Å². The molecule has 1 aliphatic heterocycles. The summed E-state index contributed by atoms with van der Waals surface area (Å²) in [4.78, 5) is 5.13. The van der Waals surface area contributed by atoms with Crippen molar-refractivity contribution < 1.29 is 0 Å². The van der Waals surface area contributed by atoms with Crippen molar-refractivity contribution >= 4 is 0 Å². The van der Waals surface area contributed by atoms with E-state index in [0.29, 0.717) is 0 Å². The van der Waals surface area contributed by atoms with Crippen LogP contribution in [0.15, 0.2) is 6.20 Å². The number of aromatic nitrogens is 2. The first-order valence-electron chi connectivity index (χ1n) is 8.53. The van der Waals surface area contributed by atoms with E-state index in [9.17, 15) is 0 Å². The predicted molar refractivity (Wildman–Crippen MR) is 84.1 cm³/mol. The molecule has 0 bridgehead atoms. The maximum absolute atomic E-state index is 4.52. The second-order valence-electron chi connectivity index (χ2n) is 7.68. The van der Waals surface area contributed by atoms with E-state index in [1.165, 1.54) is 50.0 Å². The summed E-state index contributed by atoms with van der Waals surface area (Å²) in [5, 5.41) is 4.52. The molecule has 2 heterocycles. The lowest BCUT2D eigenvalue weighted by Crippen LogP contribution is -2.36. The Bertz CT molecular complexity index is 503. The van der Waals surface area contributed by atoms with Gasteiger partial charge in [-0.1, -0.05) is 0 Å². The summed E-state index contributed by atoms with van der Waals surface area (Å²) in [6.45, 7) is 3.62. The minimum absolute atomic E-state index is 0.749. The Kier molecular flexibility index (Phi) is 3.34. The van der Waals surface area contributed by atoms with E-state index in [2.05, 4.69) is 46.9 Å².